The van der Waals surface area contributed by atoms with Crippen LogP contribution in [-0.4, -0.2) is 38.2 Å². The van der Waals surface area contributed by atoms with Crippen LogP contribution in [0.4, 0.5) is 0 Å². The number of carboxylic acids is 1. The number of aromatic nitrogens is 2. The average molecular weight is 516 g/mol. The van der Waals surface area contributed by atoms with E-state index in [9.17, 15) is 14.7 Å². The first-order valence-electron chi connectivity index (χ1n) is 11.3. The highest BCUT2D eigenvalue weighted by molar-refractivity contribution is 6.30. The van der Waals surface area contributed by atoms with Gasteiger partial charge in [0.1, 0.15) is 18.2 Å². The summed E-state index contributed by atoms with van der Waals surface area (Å²) < 4.78 is 12.1. The summed E-state index contributed by atoms with van der Waals surface area (Å²) in [5, 5.41) is 18.8. The van der Waals surface area contributed by atoms with Gasteiger partial charge in [-0.2, -0.15) is 0 Å². The van der Waals surface area contributed by atoms with Gasteiger partial charge in [-0.05, 0) is 54.2 Å². The fourth-order valence-electron chi connectivity index (χ4n) is 4.69. The minimum atomic E-state index is -1.19. The zero-order chi connectivity index (χ0) is 24.7. The number of carboxylic acid groups (broad SMARTS) is 1. The van der Waals surface area contributed by atoms with E-state index < -0.39 is 42.6 Å². The van der Waals surface area contributed by atoms with Crippen molar-refractivity contribution in [2.45, 2.75) is 50.5 Å². The summed E-state index contributed by atoms with van der Waals surface area (Å²) >= 11 is 12.5. The van der Waals surface area contributed by atoms with E-state index in [4.69, 9.17) is 32.4 Å². The molecule has 1 saturated carbocycles. The van der Waals surface area contributed by atoms with Crippen LogP contribution in [0, 0.1) is 12.8 Å². The first-order chi connectivity index (χ1) is 16.8. The zero-order valence-electron chi connectivity index (χ0n) is 18.8. The first kappa shape index (κ1) is 23.8. The maximum absolute atomic E-state index is 13.9. The average Bonchev–Trinajstić information content (AvgIpc) is 3.56. The lowest BCUT2D eigenvalue weighted by molar-refractivity contribution is -0.185. The Bertz CT molecular complexity index is 1240. The van der Waals surface area contributed by atoms with Crippen molar-refractivity contribution >= 4 is 35.1 Å². The van der Waals surface area contributed by atoms with Crippen LogP contribution in [0.5, 0.6) is 0 Å². The summed E-state index contributed by atoms with van der Waals surface area (Å²) in [6.45, 7) is 1.69. The molecule has 1 saturated heterocycles. The Morgan fingerprint density at radius 1 is 1.11 bits per heavy atom. The molecule has 35 heavy (non-hydrogen) atoms. The predicted octanol–water partition coefficient (Wildman–Crippen LogP) is 5.32. The number of ether oxygens (including phenoxy) is 1. The van der Waals surface area contributed by atoms with E-state index in [1.54, 1.807) is 42.2 Å². The highest BCUT2D eigenvalue weighted by atomic mass is 35.5. The maximum atomic E-state index is 13.9. The van der Waals surface area contributed by atoms with Crippen molar-refractivity contribution in [3.8, 4) is 0 Å². The van der Waals surface area contributed by atoms with Gasteiger partial charge in [0.15, 0.2) is 0 Å². The molecule has 3 aromatic rings. The predicted molar refractivity (Wildman–Crippen MR) is 127 cm³/mol. The van der Waals surface area contributed by atoms with Gasteiger partial charge < -0.3 is 19.2 Å². The molecule has 1 aliphatic heterocycles. The molecule has 4 atom stereocenters. The van der Waals surface area contributed by atoms with E-state index in [0.717, 1.165) is 24.0 Å². The number of aryl methyl sites for hydroxylation is 1. The Morgan fingerprint density at radius 3 is 2.46 bits per heavy atom. The van der Waals surface area contributed by atoms with Crippen LogP contribution in [0.1, 0.15) is 60.4 Å². The fraction of sp³-hybridized carbons (Fsp3) is 0.360. The van der Waals surface area contributed by atoms with Gasteiger partial charge in [0, 0.05) is 17.0 Å². The largest absolute Gasteiger partial charge is 0.481 e. The van der Waals surface area contributed by atoms with E-state index in [0.29, 0.717) is 21.8 Å². The SMILES string of the molecule is Cc1nnc(C(C2CC2)N2C(=O)[C@@H](CC(=O)O)O[C@H](c3cccc(Cl)c3)[C@@H]2c2ccc(Cl)cc2)o1. The molecule has 10 heteroatoms. The van der Waals surface area contributed by atoms with Crippen molar-refractivity contribution in [2.75, 3.05) is 0 Å². The number of rotatable bonds is 7. The van der Waals surface area contributed by atoms with E-state index >= 15 is 0 Å². The molecule has 2 heterocycles. The molecule has 1 aromatic heterocycles. The van der Waals surface area contributed by atoms with Crippen LogP contribution in [0.3, 0.4) is 0 Å². The second-order valence-electron chi connectivity index (χ2n) is 8.88. The molecule has 2 fully saturated rings. The molecule has 1 unspecified atom stereocenters. The van der Waals surface area contributed by atoms with Crippen LogP contribution in [-0.2, 0) is 14.3 Å². The Morgan fingerprint density at radius 2 is 1.86 bits per heavy atom. The second kappa shape index (κ2) is 9.60. The zero-order valence-corrected chi connectivity index (χ0v) is 20.3. The van der Waals surface area contributed by atoms with Crippen LogP contribution in [0.25, 0.3) is 0 Å². The maximum Gasteiger partial charge on any atom is 0.306 e. The van der Waals surface area contributed by atoms with Crippen LogP contribution >= 0.6 is 23.2 Å². The fourth-order valence-corrected chi connectivity index (χ4v) is 5.02. The lowest BCUT2D eigenvalue weighted by Gasteiger charge is -2.47. The first-order valence-corrected chi connectivity index (χ1v) is 12.1. The number of halogens is 2. The van der Waals surface area contributed by atoms with Crippen molar-refractivity contribution in [2.24, 2.45) is 5.92 Å². The molecule has 182 valence electrons. The van der Waals surface area contributed by atoms with Gasteiger partial charge in [0.05, 0.1) is 12.5 Å². The number of carbonyl (C=O) groups is 2. The van der Waals surface area contributed by atoms with Gasteiger partial charge in [-0.1, -0.05) is 47.5 Å². The highest BCUT2D eigenvalue weighted by Crippen LogP contribution is 2.52. The smallest absolute Gasteiger partial charge is 0.306 e. The van der Waals surface area contributed by atoms with E-state index in [1.165, 1.54) is 0 Å². The Balaban J connectivity index is 1.69. The molecule has 2 aromatic carbocycles. The Kier molecular flexibility index (Phi) is 6.53. The topological polar surface area (TPSA) is 106 Å². The lowest BCUT2D eigenvalue weighted by Crippen LogP contribution is -2.53. The molecular formula is C25H23Cl2N3O5. The number of hydrogen-bond acceptors (Lipinski definition) is 6. The standard InChI is InChI=1S/C25H23Cl2N3O5/c1-13-28-29-24(34-13)22(15-5-6-15)30-21(14-7-9-17(26)10-8-14)23(16-3-2-4-18(27)11-16)35-19(25(30)33)12-20(31)32/h2-4,7-11,15,19,21-23H,5-6,12H2,1H3,(H,31,32)/t19-,21+,22?,23-/m1/s1. The molecule has 5 rings (SSSR count). The van der Waals surface area contributed by atoms with E-state index in [2.05, 4.69) is 10.2 Å². The summed E-state index contributed by atoms with van der Waals surface area (Å²) in [6, 6.07) is 13.2. The minimum Gasteiger partial charge on any atom is -0.481 e. The number of hydrogen-bond donors (Lipinski definition) is 1. The summed E-state index contributed by atoms with van der Waals surface area (Å²) in [7, 11) is 0. The molecule has 1 N–H and O–H groups in total. The van der Waals surface area contributed by atoms with Crippen molar-refractivity contribution in [1.29, 1.82) is 0 Å². The van der Waals surface area contributed by atoms with Gasteiger partial charge in [0.25, 0.3) is 5.91 Å². The minimum absolute atomic E-state index is 0.109. The molecule has 8 nitrogen and oxygen atoms in total. The van der Waals surface area contributed by atoms with Crippen LogP contribution < -0.4 is 0 Å². The Labute approximate surface area is 211 Å². The third-order valence-corrected chi connectivity index (χ3v) is 6.83. The van der Waals surface area contributed by atoms with Gasteiger partial charge >= 0.3 is 5.97 Å². The number of morpholine rings is 1. The second-order valence-corrected chi connectivity index (χ2v) is 9.75. The molecule has 0 radical (unpaired) electrons. The van der Waals surface area contributed by atoms with Gasteiger partial charge in [-0.25, -0.2) is 0 Å². The molecule has 0 spiro atoms. The van der Waals surface area contributed by atoms with Crippen LogP contribution in [0.2, 0.25) is 10.0 Å². The Hall–Kier alpha value is -2.94. The number of carbonyl (C=O) groups excluding carboxylic acids is 1. The summed E-state index contributed by atoms with van der Waals surface area (Å²) in [5.41, 5.74) is 1.50. The van der Waals surface area contributed by atoms with Crippen molar-refractivity contribution in [1.82, 2.24) is 15.1 Å². The molecule has 1 aliphatic carbocycles. The summed E-state index contributed by atoms with van der Waals surface area (Å²) in [4.78, 5) is 27.3. The van der Waals surface area contributed by atoms with Crippen molar-refractivity contribution in [3.63, 3.8) is 0 Å². The summed E-state index contributed by atoms with van der Waals surface area (Å²) in [6.07, 6.45) is -0.585. The number of nitrogens with zero attached hydrogens (tertiary/aromatic N) is 3. The van der Waals surface area contributed by atoms with Crippen molar-refractivity contribution in [3.05, 3.63) is 81.5 Å². The summed E-state index contributed by atoms with van der Waals surface area (Å²) in [5.74, 6) is -0.730. The monoisotopic (exact) mass is 515 g/mol. The van der Waals surface area contributed by atoms with E-state index in [-0.39, 0.29) is 5.92 Å². The molecule has 2 aliphatic rings. The lowest BCUT2D eigenvalue weighted by atomic mass is 9.89. The third-order valence-electron chi connectivity index (χ3n) is 6.34. The molecule has 0 bridgehead atoms. The number of amides is 1. The quantitative estimate of drug-likeness (QED) is 0.453. The normalized spacial score (nSPS) is 23.3. The molecular weight excluding hydrogens is 493 g/mol. The highest BCUT2D eigenvalue weighted by Gasteiger charge is 2.52. The number of aliphatic carboxylic acids is 1. The van der Waals surface area contributed by atoms with Crippen molar-refractivity contribution < 1.29 is 23.8 Å². The van der Waals surface area contributed by atoms with Gasteiger partial charge in [0.2, 0.25) is 11.8 Å². The van der Waals surface area contributed by atoms with Crippen LogP contribution in [0.15, 0.2) is 52.9 Å². The number of benzene rings is 2. The third kappa shape index (κ3) is 4.91. The van der Waals surface area contributed by atoms with Gasteiger partial charge in [-0.15, -0.1) is 10.2 Å². The molecule has 1 amide bonds. The van der Waals surface area contributed by atoms with E-state index in [1.807, 2.05) is 18.2 Å². The van der Waals surface area contributed by atoms with Gasteiger partial charge in [-0.3, -0.25) is 9.59 Å².